The summed E-state index contributed by atoms with van der Waals surface area (Å²) in [4.78, 5) is 33.0. The summed E-state index contributed by atoms with van der Waals surface area (Å²) >= 11 is 0. The van der Waals surface area contributed by atoms with Crippen molar-refractivity contribution in [1.82, 2.24) is 10.6 Å². The third kappa shape index (κ3) is 7.60. The van der Waals surface area contributed by atoms with Gasteiger partial charge in [0.15, 0.2) is 0 Å². The fourth-order valence-corrected chi connectivity index (χ4v) is 1.36. The van der Waals surface area contributed by atoms with Crippen molar-refractivity contribution in [3.63, 3.8) is 0 Å². The first-order valence-electron chi connectivity index (χ1n) is 5.00. The molecular weight excluding hydrogens is 264 g/mol. The topological polar surface area (TPSA) is 122 Å². The zero-order valence-electron chi connectivity index (χ0n) is 10.1. The molecule has 104 valence electrons. The number of carboxylic acids is 1. The summed E-state index contributed by atoms with van der Waals surface area (Å²) in [6.07, 6.45) is 1.02. The Kier molecular flexibility index (Phi) is 7.68. The lowest BCUT2D eigenvalue weighted by molar-refractivity contribution is -0.147. The zero-order valence-corrected chi connectivity index (χ0v) is 10.9. The van der Waals surface area contributed by atoms with Gasteiger partial charge in [-0.25, -0.2) is 9.59 Å². The van der Waals surface area contributed by atoms with E-state index in [0.29, 0.717) is 0 Å². The van der Waals surface area contributed by atoms with Crippen LogP contribution in [0.5, 0.6) is 0 Å². The molecule has 0 aromatic rings. The molecule has 0 saturated heterocycles. The number of rotatable bonds is 7. The molecule has 9 heteroatoms. The molecule has 0 aliphatic rings. The van der Waals surface area contributed by atoms with Crippen molar-refractivity contribution in [2.45, 2.75) is 12.5 Å². The van der Waals surface area contributed by atoms with Gasteiger partial charge in [-0.2, -0.15) is 0 Å². The van der Waals surface area contributed by atoms with Crippen molar-refractivity contribution in [2.24, 2.45) is 0 Å². The second-order valence-corrected chi connectivity index (χ2v) is 4.90. The number of aliphatic carboxylic acids is 1. The number of carboxylic acid groups (broad SMARTS) is 1. The molecule has 0 rings (SSSR count). The number of urea groups is 1. The van der Waals surface area contributed by atoms with Gasteiger partial charge in [-0.1, -0.05) is 0 Å². The van der Waals surface area contributed by atoms with Crippen molar-refractivity contribution in [2.75, 3.05) is 25.7 Å². The van der Waals surface area contributed by atoms with E-state index in [1.807, 2.05) is 0 Å². The van der Waals surface area contributed by atoms with E-state index in [1.165, 1.54) is 6.26 Å². The van der Waals surface area contributed by atoms with Gasteiger partial charge in [-0.05, 0) is 0 Å². The Bertz CT molecular complexity index is 346. The number of methoxy groups -OCH3 is 1. The van der Waals surface area contributed by atoms with Gasteiger partial charge in [0.05, 0.1) is 13.5 Å². The maximum atomic E-state index is 11.3. The highest BCUT2D eigenvalue weighted by molar-refractivity contribution is 7.84. The first-order valence-corrected chi connectivity index (χ1v) is 6.73. The first-order chi connectivity index (χ1) is 8.36. The summed E-state index contributed by atoms with van der Waals surface area (Å²) in [7, 11) is 0.0760. The largest absolute Gasteiger partial charge is 0.480 e. The molecule has 0 fully saturated rings. The molecule has 0 spiro atoms. The number of carbonyl (C=O) groups is 3. The third-order valence-corrected chi connectivity index (χ3v) is 2.66. The Morgan fingerprint density at radius 2 is 2.00 bits per heavy atom. The van der Waals surface area contributed by atoms with Crippen LogP contribution >= 0.6 is 0 Å². The van der Waals surface area contributed by atoms with Crippen LogP contribution in [0.2, 0.25) is 0 Å². The molecule has 1 unspecified atom stereocenters. The highest BCUT2D eigenvalue weighted by atomic mass is 32.2. The maximum Gasteiger partial charge on any atom is 0.326 e. The quantitative estimate of drug-likeness (QED) is 0.497. The van der Waals surface area contributed by atoms with E-state index in [2.05, 4.69) is 15.4 Å². The van der Waals surface area contributed by atoms with Gasteiger partial charge in [-0.15, -0.1) is 0 Å². The molecule has 0 heterocycles. The smallest absolute Gasteiger partial charge is 0.326 e. The van der Waals surface area contributed by atoms with E-state index in [-0.39, 0.29) is 12.3 Å². The highest BCUT2D eigenvalue weighted by Crippen LogP contribution is 1.94. The Hall–Kier alpha value is -1.64. The van der Waals surface area contributed by atoms with Gasteiger partial charge in [0.25, 0.3) is 0 Å². The Labute approximate surface area is 107 Å². The lowest BCUT2D eigenvalue weighted by Crippen LogP contribution is -2.47. The molecule has 0 aliphatic heterocycles. The fraction of sp³-hybridized carbons (Fsp3) is 0.667. The molecule has 0 bridgehead atoms. The van der Waals surface area contributed by atoms with E-state index in [0.717, 1.165) is 7.11 Å². The van der Waals surface area contributed by atoms with E-state index in [1.54, 1.807) is 0 Å². The average molecular weight is 280 g/mol. The minimum absolute atomic E-state index is 0.152. The predicted molar refractivity (Wildman–Crippen MR) is 63.5 cm³/mol. The van der Waals surface area contributed by atoms with Crippen molar-refractivity contribution in [3.05, 3.63) is 0 Å². The molecule has 0 aromatic carbocycles. The SMILES string of the molecule is COC(=O)C[C@H](NC(=O)NCCS(C)=O)C(=O)O. The minimum Gasteiger partial charge on any atom is -0.480 e. The van der Waals surface area contributed by atoms with Gasteiger partial charge < -0.3 is 20.5 Å². The summed E-state index contributed by atoms with van der Waals surface area (Å²) in [6.45, 7) is 0.152. The van der Waals surface area contributed by atoms with Crippen LogP contribution in [0.15, 0.2) is 0 Å². The van der Waals surface area contributed by atoms with Crippen LogP contribution < -0.4 is 10.6 Å². The summed E-state index contributed by atoms with van der Waals surface area (Å²) in [6, 6.07) is -2.10. The van der Waals surface area contributed by atoms with Crippen LogP contribution in [0.25, 0.3) is 0 Å². The average Bonchev–Trinajstić information content (AvgIpc) is 2.27. The first kappa shape index (κ1) is 16.4. The van der Waals surface area contributed by atoms with Gasteiger partial charge in [0, 0.05) is 29.4 Å². The maximum absolute atomic E-state index is 11.3. The lowest BCUT2D eigenvalue weighted by Gasteiger charge is -2.13. The Balaban J connectivity index is 4.16. The summed E-state index contributed by atoms with van der Waals surface area (Å²) in [5.74, 6) is -1.81. The fourth-order valence-electron chi connectivity index (χ4n) is 0.968. The molecule has 2 amide bonds. The normalized spacial score (nSPS) is 13.2. The number of hydrogen-bond donors (Lipinski definition) is 3. The second kappa shape index (κ2) is 8.45. The monoisotopic (exact) mass is 280 g/mol. The van der Waals surface area contributed by atoms with Crippen LogP contribution in [-0.2, 0) is 25.1 Å². The molecule has 0 saturated carbocycles. The van der Waals surface area contributed by atoms with Gasteiger partial charge >= 0.3 is 18.0 Å². The van der Waals surface area contributed by atoms with Gasteiger partial charge in [-0.3, -0.25) is 9.00 Å². The molecule has 0 radical (unpaired) electrons. The van der Waals surface area contributed by atoms with E-state index >= 15 is 0 Å². The zero-order chi connectivity index (χ0) is 14.1. The summed E-state index contributed by atoms with van der Waals surface area (Å²) < 4.78 is 15.0. The number of amides is 2. The molecule has 18 heavy (non-hydrogen) atoms. The summed E-state index contributed by atoms with van der Waals surface area (Å²) in [5.41, 5.74) is 0. The van der Waals surface area contributed by atoms with E-state index < -0.39 is 41.2 Å². The van der Waals surface area contributed by atoms with Crippen LogP contribution in [-0.4, -0.2) is 59.0 Å². The van der Waals surface area contributed by atoms with Crippen molar-refractivity contribution in [3.8, 4) is 0 Å². The minimum atomic E-state index is -1.36. The lowest BCUT2D eigenvalue weighted by atomic mass is 10.2. The van der Waals surface area contributed by atoms with Crippen LogP contribution in [0.1, 0.15) is 6.42 Å². The van der Waals surface area contributed by atoms with E-state index in [9.17, 15) is 18.6 Å². The molecular formula is C9H16N2O6S. The molecule has 0 aliphatic carbocycles. The third-order valence-electron chi connectivity index (χ3n) is 1.88. The Morgan fingerprint density at radius 1 is 1.39 bits per heavy atom. The number of esters is 1. The number of ether oxygens (including phenoxy) is 1. The van der Waals surface area contributed by atoms with Crippen LogP contribution in [0, 0.1) is 0 Å². The highest BCUT2D eigenvalue weighted by Gasteiger charge is 2.23. The van der Waals surface area contributed by atoms with Gasteiger partial charge in [0.2, 0.25) is 0 Å². The molecule has 3 N–H and O–H groups in total. The Morgan fingerprint density at radius 3 is 2.44 bits per heavy atom. The second-order valence-electron chi connectivity index (χ2n) is 3.35. The van der Waals surface area contributed by atoms with Crippen LogP contribution in [0.4, 0.5) is 4.79 Å². The van der Waals surface area contributed by atoms with Gasteiger partial charge in [0.1, 0.15) is 6.04 Å². The van der Waals surface area contributed by atoms with Crippen molar-refractivity contribution >= 4 is 28.8 Å². The van der Waals surface area contributed by atoms with Crippen molar-refractivity contribution < 1.29 is 28.4 Å². The molecule has 0 aromatic heterocycles. The summed E-state index contributed by atoms with van der Waals surface area (Å²) in [5, 5.41) is 13.2. The molecule has 2 atom stereocenters. The number of nitrogens with one attached hydrogen (secondary N) is 2. The van der Waals surface area contributed by atoms with E-state index in [4.69, 9.17) is 5.11 Å². The standard InChI is InChI=1S/C9H16N2O6S/c1-17-7(12)5-6(8(13)14)11-9(15)10-3-4-18(2)16/h6H,3-5H2,1-2H3,(H,13,14)(H2,10,11,15)/t6-,18?/m0/s1. The number of carbonyl (C=O) groups excluding carboxylic acids is 2. The van der Waals surface area contributed by atoms with Crippen LogP contribution in [0.3, 0.4) is 0 Å². The molecule has 8 nitrogen and oxygen atoms in total. The van der Waals surface area contributed by atoms with Crippen molar-refractivity contribution in [1.29, 1.82) is 0 Å². The number of hydrogen-bond acceptors (Lipinski definition) is 5. The predicted octanol–water partition coefficient (Wildman–Crippen LogP) is -1.32.